The van der Waals surface area contributed by atoms with Gasteiger partial charge in [0, 0.05) is 23.3 Å². The van der Waals surface area contributed by atoms with E-state index >= 15 is 0 Å². The molecular formula is C29H20N2. The lowest BCUT2D eigenvalue weighted by molar-refractivity contribution is 0.901. The van der Waals surface area contributed by atoms with Gasteiger partial charge >= 0.3 is 0 Å². The summed E-state index contributed by atoms with van der Waals surface area (Å²) in [5.41, 5.74) is 17.0. The minimum atomic E-state index is 1.05. The second-order valence-electron chi connectivity index (χ2n) is 9.15. The van der Waals surface area contributed by atoms with Gasteiger partial charge in [0.05, 0.1) is 5.52 Å². The Morgan fingerprint density at radius 1 is 0.742 bits per heavy atom. The Kier molecular flexibility index (Phi) is 2.87. The highest BCUT2D eigenvalue weighted by atomic mass is 15.0. The topological polar surface area (TPSA) is 17.3 Å². The number of aryl methyl sites for hydroxylation is 1. The molecule has 0 fully saturated rings. The van der Waals surface area contributed by atoms with Gasteiger partial charge in [-0.15, -0.1) is 0 Å². The highest BCUT2D eigenvalue weighted by Crippen LogP contribution is 2.49. The second-order valence-corrected chi connectivity index (χ2v) is 9.15. The maximum absolute atomic E-state index is 4.85. The number of imidazole rings is 1. The van der Waals surface area contributed by atoms with Crippen LogP contribution in [0.15, 0.2) is 78.6 Å². The number of nitrogens with zero attached hydrogens (tertiary/aromatic N) is 2. The summed E-state index contributed by atoms with van der Waals surface area (Å²) in [6.07, 6.45) is 8.45. The number of rotatable bonds is 0. The van der Waals surface area contributed by atoms with Gasteiger partial charge in [0.2, 0.25) is 0 Å². The van der Waals surface area contributed by atoms with Gasteiger partial charge in [-0.05, 0) is 88.4 Å². The van der Waals surface area contributed by atoms with E-state index in [1.165, 1.54) is 61.0 Å². The van der Waals surface area contributed by atoms with Gasteiger partial charge in [0.1, 0.15) is 5.65 Å². The monoisotopic (exact) mass is 396 g/mol. The summed E-state index contributed by atoms with van der Waals surface area (Å²) < 4.78 is 2.28. The summed E-state index contributed by atoms with van der Waals surface area (Å²) in [6.45, 7) is 0. The molecule has 2 nitrogen and oxygen atoms in total. The second kappa shape index (κ2) is 5.53. The molecule has 5 aromatic rings. The normalized spacial score (nSPS) is 15.7. The minimum Gasteiger partial charge on any atom is -0.299 e. The predicted octanol–water partition coefficient (Wildman–Crippen LogP) is 6.36. The Labute approximate surface area is 180 Å². The molecule has 8 rings (SSSR count). The molecular weight excluding hydrogens is 376 g/mol. The van der Waals surface area contributed by atoms with Crippen molar-refractivity contribution in [2.45, 2.75) is 25.7 Å². The van der Waals surface area contributed by atoms with E-state index in [9.17, 15) is 0 Å². The summed E-state index contributed by atoms with van der Waals surface area (Å²) in [4.78, 5) is 4.85. The highest BCUT2D eigenvalue weighted by molar-refractivity contribution is 6.01. The van der Waals surface area contributed by atoms with Gasteiger partial charge in [-0.1, -0.05) is 48.0 Å². The van der Waals surface area contributed by atoms with E-state index in [1.54, 1.807) is 5.57 Å². The van der Waals surface area contributed by atoms with Crippen molar-refractivity contribution >= 4 is 22.1 Å². The van der Waals surface area contributed by atoms with Crippen molar-refractivity contribution < 1.29 is 0 Å². The van der Waals surface area contributed by atoms with Gasteiger partial charge in [0.15, 0.2) is 0 Å². The number of fused-ring (bicyclic) bond motifs is 12. The van der Waals surface area contributed by atoms with Crippen LogP contribution in [0.4, 0.5) is 0 Å². The van der Waals surface area contributed by atoms with Crippen molar-refractivity contribution in [1.82, 2.24) is 9.38 Å². The zero-order valence-electron chi connectivity index (χ0n) is 17.2. The molecule has 146 valence electrons. The third-order valence-electron chi connectivity index (χ3n) is 7.63. The van der Waals surface area contributed by atoms with Crippen LogP contribution in [-0.4, -0.2) is 9.38 Å². The summed E-state index contributed by atoms with van der Waals surface area (Å²) in [6, 6.07) is 22.7. The number of hydrogen-bond acceptors (Lipinski definition) is 1. The van der Waals surface area contributed by atoms with Crippen LogP contribution in [0.2, 0.25) is 0 Å². The molecule has 0 N–H and O–H groups in total. The fourth-order valence-corrected chi connectivity index (χ4v) is 6.33. The van der Waals surface area contributed by atoms with Crippen LogP contribution in [-0.2, 0) is 19.3 Å². The smallest absolute Gasteiger partial charge is 0.145 e. The SMILES string of the molecule is c1ccc2c(c1)Cc1cc3c(cc1-2)CC1=C3c2c(c3ccccc3n3ccnc23)CC1. The molecule has 0 saturated heterocycles. The Balaban J connectivity index is 1.42. The Bertz CT molecular complexity index is 1630. The van der Waals surface area contributed by atoms with Crippen LogP contribution in [0.5, 0.6) is 0 Å². The van der Waals surface area contributed by atoms with E-state index in [-0.39, 0.29) is 0 Å². The Morgan fingerprint density at radius 2 is 1.58 bits per heavy atom. The first-order valence-corrected chi connectivity index (χ1v) is 11.2. The third-order valence-corrected chi connectivity index (χ3v) is 7.63. The average Bonchev–Trinajstić information content (AvgIpc) is 3.52. The van der Waals surface area contributed by atoms with Crippen LogP contribution in [0, 0.1) is 0 Å². The summed E-state index contributed by atoms with van der Waals surface area (Å²) in [5.74, 6) is 0. The van der Waals surface area contributed by atoms with Gasteiger partial charge in [-0.2, -0.15) is 0 Å². The van der Waals surface area contributed by atoms with Gasteiger partial charge < -0.3 is 0 Å². The first-order chi connectivity index (χ1) is 15.4. The largest absolute Gasteiger partial charge is 0.299 e. The maximum Gasteiger partial charge on any atom is 0.145 e. The standard InChI is InChI=1S/C29H20N2/c1-2-6-21-17(5-1)13-19-16-25-20(15-24(19)21)14-18-9-10-23-22-7-3-4-8-26(22)31-12-11-30-29(31)28(23)27(18)25/h1-8,11-12,15-16H,9-10,13-14H2. The lowest BCUT2D eigenvalue weighted by Gasteiger charge is -2.23. The molecule has 31 heavy (non-hydrogen) atoms. The maximum atomic E-state index is 4.85. The van der Waals surface area contributed by atoms with E-state index < -0.39 is 0 Å². The first-order valence-electron chi connectivity index (χ1n) is 11.2. The first kappa shape index (κ1) is 16.1. The molecule has 0 bridgehead atoms. The minimum absolute atomic E-state index is 1.05. The molecule has 0 unspecified atom stereocenters. The van der Waals surface area contributed by atoms with Gasteiger partial charge in [-0.25, -0.2) is 4.98 Å². The van der Waals surface area contributed by atoms with Crippen LogP contribution in [0.3, 0.4) is 0 Å². The molecule has 0 atom stereocenters. The Morgan fingerprint density at radius 3 is 2.58 bits per heavy atom. The van der Waals surface area contributed by atoms with Crippen molar-refractivity contribution in [3.8, 4) is 11.1 Å². The van der Waals surface area contributed by atoms with Crippen LogP contribution in [0.25, 0.3) is 33.3 Å². The third kappa shape index (κ3) is 1.96. The zero-order valence-corrected chi connectivity index (χ0v) is 17.2. The number of pyridine rings is 1. The summed E-state index contributed by atoms with van der Waals surface area (Å²) in [5, 5.41) is 1.37. The molecule has 3 aliphatic rings. The van der Waals surface area contributed by atoms with Crippen LogP contribution in [0.1, 0.15) is 39.8 Å². The molecule has 3 aromatic carbocycles. The molecule has 0 saturated carbocycles. The van der Waals surface area contributed by atoms with Gasteiger partial charge in [-0.3, -0.25) is 4.40 Å². The van der Waals surface area contributed by atoms with Crippen molar-refractivity contribution in [3.05, 3.63) is 112 Å². The fourth-order valence-electron chi connectivity index (χ4n) is 6.33. The number of allylic oxidation sites excluding steroid dienone is 1. The number of aromatic nitrogens is 2. The molecule has 2 heteroatoms. The van der Waals surface area contributed by atoms with Crippen molar-refractivity contribution in [1.29, 1.82) is 0 Å². The number of hydrogen-bond donors (Lipinski definition) is 0. The van der Waals surface area contributed by atoms with Crippen molar-refractivity contribution in [2.75, 3.05) is 0 Å². The highest BCUT2D eigenvalue weighted by Gasteiger charge is 2.33. The zero-order chi connectivity index (χ0) is 20.1. The van der Waals surface area contributed by atoms with Crippen molar-refractivity contribution in [2.24, 2.45) is 0 Å². The fraction of sp³-hybridized carbons (Fsp3) is 0.138. The molecule has 2 heterocycles. The van der Waals surface area contributed by atoms with Crippen LogP contribution >= 0.6 is 0 Å². The lowest BCUT2D eigenvalue weighted by Crippen LogP contribution is -2.08. The van der Waals surface area contributed by atoms with Crippen LogP contribution < -0.4 is 0 Å². The summed E-state index contributed by atoms with van der Waals surface area (Å²) in [7, 11) is 0. The molecule has 0 radical (unpaired) electrons. The van der Waals surface area contributed by atoms with E-state index in [1.807, 2.05) is 6.20 Å². The predicted molar refractivity (Wildman–Crippen MR) is 125 cm³/mol. The quantitative estimate of drug-likeness (QED) is 0.292. The molecule has 0 amide bonds. The average molecular weight is 396 g/mol. The number of para-hydroxylation sites is 1. The lowest BCUT2D eigenvalue weighted by atomic mass is 9.83. The van der Waals surface area contributed by atoms with E-state index in [4.69, 9.17) is 4.98 Å². The Hall–Kier alpha value is -3.65. The van der Waals surface area contributed by atoms with Gasteiger partial charge in [0.25, 0.3) is 0 Å². The molecule has 2 aromatic heterocycles. The van der Waals surface area contributed by atoms with Crippen molar-refractivity contribution in [3.63, 3.8) is 0 Å². The molecule has 0 spiro atoms. The van der Waals surface area contributed by atoms with E-state index in [0.717, 1.165) is 31.3 Å². The number of benzene rings is 3. The molecule has 3 aliphatic carbocycles. The summed E-state index contributed by atoms with van der Waals surface area (Å²) >= 11 is 0. The van der Waals surface area contributed by atoms with E-state index in [2.05, 4.69) is 71.3 Å². The molecule has 0 aliphatic heterocycles. The van der Waals surface area contributed by atoms with E-state index in [0.29, 0.717) is 0 Å².